The Hall–Kier alpha value is -4.85. The molecule has 1 fully saturated rings. The lowest BCUT2D eigenvalue weighted by Gasteiger charge is -2.41. The highest BCUT2D eigenvalue weighted by molar-refractivity contribution is 7.44. The van der Waals surface area contributed by atoms with Crippen LogP contribution in [0.5, 0.6) is 11.5 Å². The maximum Gasteiger partial charge on any atom is 0.330 e. The van der Waals surface area contributed by atoms with Crippen LogP contribution in [-0.4, -0.2) is 65.4 Å². The molecule has 56 heavy (non-hydrogen) atoms. The van der Waals surface area contributed by atoms with E-state index in [9.17, 15) is 20.1 Å². The van der Waals surface area contributed by atoms with Crippen LogP contribution in [0.4, 0.5) is 0 Å². The van der Waals surface area contributed by atoms with E-state index in [1.165, 1.54) is 10.8 Å². The second kappa shape index (κ2) is 19.3. The van der Waals surface area contributed by atoms with Crippen molar-refractivity contribution in [2.24, 2.45) is 0 Å². The Balaban J connectivity index is 1.70. The number of hydrogen-bond donors (Lipinski definition) is 1. The van der Waals surface area contributed by atoms with Crippen LogP contribution in [-0.2, 0) is 24.1 Å². The molecule has 1 aliphatic rings. The molecule has 13 nitrogen and oxygen atoms in total. The fourth-order valence-corrected chi connectivity index (χ4v) is 8.79. The normalized spacial score (nSPS) is 18.1. The summed E-state index contributed by atoms with van der Waals surface area (Å²) < 4.78 is 42.0. The van der Waals surface area contributed by atoms with Gasteiger partial charge in [-0.15, -0.1) is 0 Å². The topological polar surface area (TPSA) is 161 Å². The summed E-state index contributed by atoms with van der Waals surface area (Å²) in [4.78, 5) is 28.1. The molecule has 0 spiro atoms. The van der Waals surface area contributed by atoms with Gasteiger partial charge in [0.05, 0.1) is 51.9 Å². The second-order valence-corrected chi connectivity index (χ2v) is 15.4. The first-order chi connectivity index (χ1) is 27.0. The number of H-pyrrole nitrogens is 1. The van der Waals surface area contributed by atoms with E-state index in [0.717, 1.165) is 16.7 Å². The molecule has 296 valence electrons. The van der Waals surface area contributed by atoms with E-state index in [2.05, 4.69) is 21.8 Å². The monoisotopic (exact) mass is 783 g/mol. The maximum atomic E-state index is 13.3. The van der Waals surface area contributed by atoms with Crippen molar-refractivity contribution in [1.82, 2.24) is 14.2 Å². The summed E-state index contributed by atoms with van der Waals surface area (Å²) in [6.45, 7) is 9.92. The van der Waals surface area contributed by atoms with Crippen molar-refractivity contribution in [3.8, 4) is 23.6 Å². The molecule has 0 radical (unpaired) electrons. The number of nitriles is 2. The Morgan fingerprint density at radius 3 is 1.98 bits per heavy atom. The number of aromatic amines is 1. The number of hydrogen-bond acceptors (Lipinski definition) is 11. The van der Waals surface area contributed by atoms with Crippen molar-refractivity contribution in [2.75, 3.05) is 20.8 Å². The fraction of sp³-hybridized carbons (Fsp3) is 0.429. The summed E-state index contributed by atoms with van der Waals surface area (Å²) in [5, 5.41) is 19.8. The van der Waals surface area contributed by atoms with Crippen molar-refractivity contribution >= 4 is 8.53 Å². The Morgan fingerprint density at radius 1 is 0.893 bits per heavy atom. The van der Waals surface area contributed by atoms with E-state index >= 15 is 0 Å². The summed E-state index contributed by atoms with van der Waals surface area (Å²) >= 11 is 0. The molecule has 4 aromatic rings. The first-order valence-corrected chi connectivity index (χ1v) is 19.7. The van der Waals surface area contributed by atoms with Gasteiger partial charge in [0.2, 0.25) is 0 Å². The Morgan fingerprint density at radius 2 is 1.46 bits per heavy atom. The Labute approximate surface area is 329 Å². The maximum absolute atomic E-state index is 13.3. The quantitative estimate of drug-likeness (QED) is 0.0623. The Bertz CT molecular complexity index is 2020. The predicted molar refractivity (Wildman–Crippen MR) is 212 cm³/mol. The van der Waals surface area contributed by atoms with Gasteiger partial charge in [0.1, 0.15) is 35.5 Å². The van der Waals surface area contributed by atoms with E-state index in [0.29, 0.717) is 17.1 Å². The standard InChI is InChI=1S/C42H50N5O8P/c1-28(2)47(29(3)4)56(52-25-11-23-43)55-37-26-38(46-27-30(5)40(48)45-41(46)49)53-39(37)36(22-24-44)54-42(31-12-9-8-10-13-31,32-14-18-34(50-6)19-15-32)33-16-20-35(51-7)21-17-33/h8-10,12-21,27-29,36-39H,11,22,25-26H2,1-7H3,(H,45,48,49)/t36-,37-,38+,39+,56?/m0/s1. The summed E-state index contributed by atoms with van der Waals surface area (Å²) in [6, 6.07) is 29.3. The van der Waals surface area contributed by atoms with Crippen molar-refractivity contribution < 1.29 is 28.0 Å². The summed E-state index contributed by atoms with van der Waals surface area (Å²) in [7, 11) is 1.42. The van der Waals surface area contributed by atoms with E-state index < -0.39 is 49.9 Å². The lowest BCUT2D eigenvalue weighted by Crippen LogP contribution is -2.45. The average Bonchev–Trinajstić information content (AvgIpc) is 3.61. The number of aryl methyl sites for hydroxylation is 1. The van der Waals surface area contributed by atoms with E-state index in [4.69, 9.17) is 28.0 Å². The highest BCUT2D eigenvalue weighted by Crippen LogP contribution is 2.52. The highest BCUT2D eigenvalue weighted by Gasteiger charge is 2.49. The molecule has 1 aliphatic heterocycles. The SMILES string of the molecule is COc1ccc(C(O[C@@H](CC#N)[C@H]2O[C@@H](n3cc(C)c(=O)[nH]c3=O)C[C@@H]2OP(OCCC#N)N(C(C)C)C(C)C)(c2ccccc2)c2ccc(OC)cc2)cc1. The van der Waals surface area contributed by atoms with Gasteiger partial charge < -0.3 is 28.0 Å². The largest absolute Gasteiger partial charge is 0.497 e. The van der Waals surface area contributed by atoms with Crippen molar-refractivity contribution in [3.05, 3.63) is 128 Å². The summed E-state index contributed by atoms with van der Waals surface area (Å²) in [5.74, 6) is 1.31. The molecule has 0 bridgehead atoms. The van der Waals surface area contributed by atoms with Gasteiger partial charge in [-0.25, -0.2) is 9.46 Å². The van der Waals surface area contributed by atoms with Gasteiger partial charge >= 0.3 is 5.69 Å². The minimum atomic E-state index is -1.78. The molecular weight excluding hydrogens is 733 g/mol. The van der Waals surface area contributed by atoms with Crippen molar-refractivity contribution in [1.29, 1.82) is 10.5 Å². The second-order valence-electron chi connectivity index (χ2n) is 14.0. The molecule has 1 unspecified atom stereocenters. The van der Waals surface area contributed by atoms with Crippen LogP contribution >= 0.6 is 8.53 Å². The lowest BCUT2D eigenvalue weighted by molar-refractivity contribution is -0.140. The third-order valence-electron chi connectivity index (χ3n) is 9.62. The minimum Gasteiger partial charge on any atom is -0.497 e. The molecule has 5 rings (SSSR count). The van der Waals surface area contributed by atoms with Crippen LogP contribution in [0.3, 0.4) is 0 Å². The zero-order chi connectivity index (χ0) is 40.4. The predicted octanol–water partition coefficient (Wildman–Crippen LogP) is 7.10. The number of methoxy groups -OCH3 is 2. The molecule has 1 N–H and O–H groups in total. The molecule has 2 heterocycles. The molecule has 14 heteroatoms. The molecule has 0 amide bonds. The van der Waals surface area contributed by atoms with Crippen molar-refractivity contribution in [2.45, 2.75) is 96.1 Å². The molecule has 0 saturated carbocycles. The van der Waals surface area contributed by atoms with Crippen LogP contribution < -0.4 is 20.7 Å². The van der Waals surface area contributed by atoms with Gasteiger partial charge in [-0.2, -0.15) is 10.5 Å². The van der Waals surface area contributed by atoms with Crippen LogP contribution in [0.25, 0.3) is 0 Å². The van der Waals surface area contributed by atoms with Gasteiger partial charge in [0.25, 0.3) is 14.1 Å². The average molecular weight is 784 g/mol. The van der Waals surface area contributed by atoms with E-state index in [1.54, 1.807) is 21.1 Å². The number of benzene rings is 3. The zero-order valence-electron chi connectivity index (χ0n) is 32.9. The number of nitrogens with one attached hydrogen (secondary N) is 1. The summed E-state index contributed by atoms with van der Waals surface area (Å²) in [5.41, 5.74) is 0.171. The van der Waals surface area contributed by atoms with Gasteiger partial charge in [-0.05, 0) is 75.6 Å². The molecular formula is C42H50N5O8P. The van der Waals surface area contributed by atoms with Crippen LogP contribution in [0, 0.1) is 29.6 Å². The third kappa shape index (κ3) is 9.39. The Kier molecular flexibility index (Phi) is 14.6. The third-order valence-corrected chi connectivity index (χ3v) is 11.8. The molecule has 5 atom stereocenters. The number of nitrogens with zero attached hydrogens (tertiary/aromatic N) is 4. The molecule has 1 saturated heterocycles. The number of aromatic nitrogens is 2. The van der Waals surface area contributed by atoms with Gasteiger partial charge in [-0.1, -0.05) is 54.6 Å². The molecule has 1 aromatic heterocycles. The van der Waals surface area contributed by atoms with E-state index in [1.807, 2.05) is 107 Å². The van der Waals surface area contributed by atoms with Gasteiger partial charge in [-0.3, -0.25) is 14.3 Å². The van der Waals surface area contributed by atoms with Gasteiger partial charge in [0.15, 0.2) is 0 Å². The first kappa shape index (κ1) is 42.3. The van der Waals surface area contributed by atoms with Crippen LogP contribution in [0.2, 0.25) is 0 Å². The zero-order valence-corrected chi connectivity index (χ0v) is 33.8. The summed E-state index contributed by atoms with van der Waals surface area (Å²) in [6.07, 6.45) is -1.88. The molecule has 3 aromatic carbocycles. The smallest absolute Gasteiger partial charge is 0.330 e. The first-order valence-electron chi connectivity index (χ1n) is 18.6. The molecule has 0 aliphatic carbocycles. The fourth-order valence-electron chi connectivity index (χ4n) is 7.05. The van der Waals surface area contributed by atoms with Crippen molar-refractivity contribution in [3.63, 3.8) is 0 Å². The van der Waals surface area contributed by atoms with Crippen LogP contribution in [0.1, 0.15) is 75.4 Å². The van der Waals surface area contributed by atoms with E-state index in [-0.39, 0.29) is 38.0 Å². The minimum absolute atomic E-state index is 0.00580. The number of ether oxygens (including phenoxy) is 4. The lowest BCUT2D eigenvalue weighted by atomic mass is 9.79. The highest BCUT2D eigenvalue weighted by atomic mass is 31.2. The van der Waals surface area contributed by atoms with Gasteiger partial charge in [0, 0.05) is 30.3 Å². The number of rotatable bonds is 18. The van der Waals surface area contributed by atoms with Crippen LogP contribution in [0.15, 0.2) is 94.6 Å².